The standard InChI is InChI=1S/C15H21N3O4/c16-14(19)5-7-22-13-4-2-1-3-12(13)18-15(20)9-11-10-17-6-8-21-11/h1-4,11,17H,5-10H2,(H2,16,19)(H,18,20). The summed E-state index contributed by atoms with van der Waals surface area (Å²) in [6.07, 6.45) is 0.295. The lowest BCUT2D eigenvalue weighted by atomic mass is 10.2. The Hall–Kier alpha value is -2.12. The van der Waals surface area contributed by atoms with Crippen LogP contribution in [0.3, 0.4) is 0 Å². The molecule has 2 rings (SSSR count). The second-order valence-corrected chi connectivity index (χ2v) is 5.01. The van der Waals surface area contributed by atoms with Gasteiger partial charge in [-0.15, -0.1) is 0 Å². The van der Waals surface area contributed by atoms with Crippen LogP contribution in [0.4, 0.5) is 5.69 Å². The Bertz CT molecular complexity index is 515. The molecule has 1 unspecified atom stereocenters. The van der Waals surface area contributed by atoms with Gasteiger partial charge < -0.3 is 25.8 Å². The van der Waals surface area contributed by atoms with Gasteiger partial charge in [-0.05, 0) is 12.1 Å². The van der Waals surface area contributed by atoms with Gasteiger partial charge in [0.1, 0.15) is 5.75 Å². The molecule has 1 heterocycles. The first-order chi connectivity index (χ1) is 10.6. The van der Waals surface area contributed by atoms with Crippen molar-refractivity contribution in [1.29, 1.82) is 0 Å². The molecule has 2 amide bonds. The highest BCUT2D eigenvalue weighted by Crippen LogP contribution is 2.24. The Morgan fingerprint density at radius 1 is 1.41 bits per heavy atom. The van der Waals surface area contributed by atoms with Crippen LogP contribution in [0.15, 0.2) is 24.3 Å². The van der Waals surface area contributed by atoms with Crippen LogP contribution in [0.25, 0.3) is 0 Å². The van der Waals surface area contributed by atoms with Gasteiger partial charge in [-0.3, -0.25) is 9.59 Å². The predicted molar refractivity (Wildman–Crippen MR) is 81.6 cm³/mol. The molecule has 120 valence electrons. The Labute approximate surface area is 129 Å². The molecule has 0 radical (unpaired) electrons. The van der Waals surface area contributed by atoms with E-state index in [2.05, 4.69) is 10.6 Å². The SMILES string of the molecule is NC(=O)CCOc1ccccc1NC(=O)CC1CNCCO1. The monoisotopic (exact) mass is 307 g/mol. The van der Waals surface area contributed by atoms with Crippen LogP contribution in [-0.4, -0.2) is 44.2 Å². The molecular weight excluding hydrogens is 286 g/mol. The molecule has 1 aromatic rings. The van der Waals surface area contributed by atoms with Gasteiger partial charge in [0.15, 0.2) is 0 Å². The minimum Gasteiger partial charge on any atom is -0.491 e. The average Bonchev–Trinajstić information content (AvgIpc) is 2.49. The highest BCUT2D eigenvalue weighted by molar-refractivity contribution is 5.92. The molecular formula is C15H21N3O4. The number of hydrogen-bond acceptors (Lipinski definition) is 5. The summed E-state index contributed by atoms with van der Waals surface area (Å²) in [6.45, 7) is 2.28. The Morgan fingerprint density at radius 2 is 2.23 bits per heavy atom. The highest BCUT2D eigenvalue weighted by atomic mass is 16.5. The first kappa shape index (κ1) is 16.3. The average molecular weight is 307 g/mol. The van der Waals surface area contributed by atoms with Crippen molar-refractivity contribution in [1.82, 2.24) is 5.32 Å². The topological polar surface area (TPSA) is 103 Å². The maximum Gasteiger partial charge on any atom is 0.227 e. The molecule has 1 saturated heterocycles. The lowest BCUT2D eigenvalue weighted by Crippen LogP contribution is -2.40. The van der Waals surface area contributed by atoms with E-state index < -0.39 is 5.91 Å². The number of rotatable bonds is 7. The second-order valence-electron chi connectivity index (χ2n) is 5.01. The molecule has 0 aromatic heterocycles. The number of para-hydroxylation sites is 2. The number of nitrogens with two attached hydrogens (primary N) is 1. The molecule has 7 heteroatoms. The van der Waals surface area contributed by atoms with Crippen molar-refractivity contribution in [3.8, 4) is 5.75 Å². The van der Waals surface area contributed by atoms with E-state index in [9.17, 15) is 9.59 Å². The number of benzene rings is 1. The third-order valence-corrected chi connectivity index (χ3v) is 3.18. The number of hydrogen-bond donors (Lipinski definition) is 3. The maximum absolute atomic E-state index is 12.1. The second kappa shape index (κ2) is 8.35. The summed E-state index contributed by atoms with van der Waals surface area (Å²) in [5, 5.41) is 5.99. The van der Waals surface area contributed by atoms with Gasteiger partial charge in [0, 0.05) is 13.1 Å². The fourth-order valence-corrected chi connectivity index (χ4v) is 2.12. The summed E-state index contributed by atoms with van der Waals surface area (Å²) in [5.74, 6) is -0.0529. The summed E-state index contributed by atoms with van der Waals surface area (Å²) in [7, 11) is 0. The zero-order chi connectivity index (χ0) is 15.8. The van der Waals surface area contributed by atoms with E-state index in [1.165, 1.54) is 0 Å². The van der Waals surface area contributed by atoms with Crippen molar-refractivity contribution < 1.29 is 19.1 Å². The van der Waals surface area contributed by atoms with E-state index in [1.807, 2.05) is 0 Å². The van der Waals surface area contributed by atoms with E-state index in [0.29, 0.717) is 24.6 Å². The minimum atomic E-state index is -0.427. The van der Waals surface area contributed by atoms with Crippen LogP contribution in [0, 0.1) is 0 Å². The third-order valence-electron chi connectivity index (χ3n) is 3.18. The lowest BCUT2D eigenvalue weighted by Gasteiger charge is -2.23. The fourth-order valence-electron chi connectivity index (χ4n) is 2.12. The Kier molecular flexibility index (Phi) is 6.17. The molecule has 22 heavy (non-hydrogen) atoms. The van der Waals surface area contributed by atoms with Gasteiger partial charge in [-0.2, -0.15) is 0 Å². The summed E-state index contributed by atoms with van der Waals surface area (Å²) >= 11 is 0. The molecule has 1 aliphatic rings. The number of amides is 2. The number of ether oxygens (including phenoxy) is 2. The van der Waals surface area contributed by atoms with E-state index in [1.54, 1.807) is 24.3 Å². The minimum absolute atomic E-state index is 0.114. The predicted octanol–water partition coefficient (Wildman–Crippen LogP) is 0.258. The van der Waals surface area contributed by atoms with Crippen LogP contribution in [0.5, 0.6) is 5.75 Å². The fraction of sp³-hybridized carbons (Fsp3) is 0.467. The number of anilines is 1. The number of carbonyl (C=O) groups excluding carboxylic acids is 2. The molecule has 0 spiro atoms. The van der Waals surface area contributed by atoms with Gasteiger partial charge in [-0.1, -0.05) is 12.1 Å². The van der Waals surface area contributed by atoms with Crippen molar-refractivity contribution in [3.05, 3.63) is 24.3 Å². The van der Waals surface area contributed by atoms with Crippen molar-refractivity contribution >= 4 is 17.5 Å². The zero-order valence-electron chi connectivity index (χ0n) is 12.3. The molecule has 7 nitrogen and oxygen atoms in total. The number of carbonyl (C=O) groups is 2. The normalized spacial score (nSPS) is 17.7. The molecule has 0 aliphatic carbocycles. The van der Waals surface area contributed by atoms with Gasteiger partial charge in [0.2, 0.25) is 11.8 Å². The molecule has 1 aromatic carbocycles. The molecule has 1 atom stereocenters. The number of morpholine rings is 1. The zero-order valence-corrected chi connectivity index (χ0v) is 12.3. The molecule has 1 fully saturated rings. The van der Waals surface area contributed by atoms with Crippen molar-refractivity contribution in [3.63, 3.8) is 0 Å². The molecule has 1 aliphatic heterocycles. The van der Waals surface area contributed by atoms with Gasteiger partial charge in [-0.25, -0.2) is 0 Å². The van der Waals surface area contributed by atoms with E-state index >= 15 is 0 Å². The summed E-state index contributed by atoms with van der Waals surface area (Å²) in [6, 6.07) is 7.07. The quantitative estimate of drug-likeness (QED) is 0.670. The third kappa shape index (κ3) is 5.34. The van der Waals surface area contributed by atoms with Crippen molar-refractivity contribution in [2.24, 2.45) is 5.73 Å². The Balaban J connectivity index is 1.87. The lowest BCUT2D eigenvalue weighted by molar-refractivity contribution is -0.120. The van der Waals surface area contributed by atoms with Crippen LogP contribution in [0.1, 0.15) is 12.8 Å². The molecule has 0 bridgehead atoms. The number of primary amides is 1. The van der Waals surface area contributed by atoms with Gasteiger partial charge in [0.05, 0.1) is 37.8 Å². The van der Waals surface area contributed by atoms with Gasteiger partial charge in [0.25, 0.3) is 0 Å². The van der Waals surface area contributed by atoms with Crippen LogP contribution in [-0.2, 0) is 14.3 Å². The van der Waals surface area contributed by atoms with Crippen molar-refractivity contribution in [2.45, 2.75) is 18.9 Å². The number of nitrogens with one attached hydrogen (secondary N) is 2. The smallest absolute Gasteiger partial charge is 0.227 e. The summed E-state index contributed by atoms with van der Waals surface area (Å²) in [5.41, 5.74) is 5.64. The van der Waals surface area contributed by atoms with Crippen molar-refractivity contribution in [2.75, 3.05) is 31.6 Å². The Morgan fingerprint density at radius 3 is 2.95 bits per heavy atom. The van der Waals surface area contributed by atoms with E-state index in [0.717, 1.165) is 6.54 Å². The first-order valence-electron chi connectivity index (χ1n) is 7.27. The maximum atomic E-state index is 12.1. The molecule has 0 saturated carbocycles. The first-order valence-corrected chi connectivity index (χ1v) is 7.27. The largest absolute Gasteiger partial charge is 0.491 e. The van der Waals surface area contributed by atoms with Crippen LogP contribution < -0.4 is 21.1 Å². The molecule has 4 N–H and O–H groups in total. The van der Waals surface area contributed by atoms with Gasteiger partial charge >= 0.3 is 0 Å². The summed E-state index contributed by atoms with van der Waals surface area (Å²) < 4.78 is 11.0. The van der Waals surface area contributed by atoms with E-state index in [-0.39, 0.29) is 31.5 Å². The van der Waals surface area contributed by atoms with Crippen LogP contribution in [0.2, 0.25) is 0 Å². The van der Waals surface area contributed by atoms with E-state index in [4.69, 9.17) is 15.2 Å². The highest BCUT2D eigenvalue weighted by Gasteiger charge is 2.18. The summed E-state index contributed by atoms with van der Waals surface area (Å²) in [4.78, 5) is 22.8. The van der Waals surface area contributed by atoms with Crippen LogP contribution >= 0.6 is 0 Å².